The lowest BCUT2D eigenvalue weighted by molar-refractivity contribution is -0.280. The maximum absolute atomic E-state index is 12.2. The van der Waals surface area contributed by atoms with Crippen molar-refractivity contribution in [2.24, 2.45) is 56.7 Å². The average Bonchev–Trinajstić information content (AvgIpc) is 3.09. The molecule has 0 amide bonds. The zero-order valence-electron chi connectivity index (χ0n) is 24.6. The van der Waals surface area contributed by atoms with Gasteiger partial charge in [-0.1, -0.05) is 41.5 Å². The molecule has 0 saturated heterocycles. The smallest absolute Gasteiger partial charge is 0.302 e. The molecule has 2 unspecified atom stereocenters. The third kappa shape index (κ3) is 3.41. The predicted octanol–water partition coefficient (Wildman–Crippen LogP) is 6.76. The Morgan fingerprint density at radius 1 is 0.889 bits per heavy atom. The van der Waals surface area contributed by atoms with Crippen LogP contribution in [-0.2, 0) is 9.53 Å². The van der Waals surface area contributed by atoms with Crippen LogP contribution in [0, 0.1) is 56.7 Å². The largest absolute Gasteiger partial charge is 0.462 e. The van der Waals surface area contributed by atoms with Crippen LogP contribution in [-0.4, -0.2) is 34.0 Å². The van der Waals surface area contributed by atoms with E-state index in [1.54, 1.807) is 0 Å². The van der Waals surface area contributed by atoms with Gasteiger partial charge in [-0.05, 0) is 123 Å². The topological polar surface area (TPSA) is 66.8 Å². The number of rotatable bonds is 2. The molecule has 0 heterocycles. The molecule has 2 N–H and O–H groups in total. The van der Waals surface area contributed by atoms with Crippen molar-refractivity contribution in [3.05, 3.63) is 0 Å². The van der Waals surface area contributed by atoms with Crippen molar-refractivity contribution in [3.8, 4) is 0 Å². The summed E-state index contributed by atoms with van der Waals surface area (Å²) >= 11 is 0. The second-order valence-electron chi connectivity index (χ2n) is 16.3. The maximum atomic E-state index is 12.2. The average molecular weight is 503 g/mol. The fourth-order valence-electron chi connectivity index (χ4n) is 12.2. The lowest BCUT2D eigenvalue weighted by atomic mass is 9.31. The molecule has 5 rings (SSSR count). The summed E-state index contributed by atoms with van der Waals surface area (Å²) in [5.74, 6) is 1.76. The summed E-state index contributed by atoms with van der Waals surface area (Å²) in [6.45, 7) is 20.3. The molecule has 11 atom stereocenters. The van der Waals surface area contributed by atoms with Crippen LogP contribution in [0.5, 0.6) is 0 Å². The van der Waals surface area contributed by atoms with E-state index in [9.17, 15) is 15.0 Å². The van der Waals surface area contributed by atoms with Crippen LogP contribution in [0.4, 0.5) is 0 Å². The molecule has 5 fully saturated rings. The first-order valence-electron chi connectivity index (χ1n) is 15.0. The van der Waals surface area contributed by atoms with Gasteiger partial charge in [0.2, 0.25) is 0 Å². The van der Waals surface area contributed by atoms with Gasteiger partial charge in [0.25, 0.3) is 0 Å². The van der Waals surface area contributed by atoms with Crippen LogP contribution in [0.3, 0.4) is 0 Å². The molecule has 0 spiro atoms. The standard InChI is InChI=1S/C32H54O4/c1-19(33)36-24-12-14-30(7)23(27(24,2)3)11-15-32(9)26(30)22(34)18-21-25-20(28(4,5)35)10-13-29(25,6)16-17-31(21,32)8/h20-26,34-35H,10-18H2,1-9H3/t20-,21-,22?,23+,24?,25-,26-,29-,30+,31-,32-/m1/s1. The highest BCUT2D eigenvalue weighted by molar-refractivity contribution is 5.66. The number of hydrogen-bond acceptors (Lipinski definition) is 4. The highest BCUT2D eigenvalue weighted by Crippen LogP contribution is 2.77. The van der Waals surface area contributed by atoms with Crippen LogP contribution in [0.2, 0.25) is 0 Å². The minimum atomic E-state index is -0.674. The number of hydrogen-bond donors (Lipinski definition) is 2. The lowest BCUT2D eigenvalue weighted by Gasteiger charge is -2.73. The lowest BCUT2D eigenvalue weighted by Crippen LogP contribution is -2.70. The van der Waals surface area contributed by atoms with Gasteiger partial charge < -0.3 is 14.9 Å². The summed E-state index contributed by atoms with van der Waals surface area (Å²) in [6, 6.07) is 0. The minimum Gasteiger partial charge on any atom is -0.462 e. The zero-order valence-corrected chi connectivity index (χ0v) is 24.6. The van der Waals surface area contributed by atoms with Crippen LogP contribution < -0.4 is 0 Å². The van der Waals surface area contributed by atoms with E-state index < -0.39 is 5.60 Å². The fraction of sp³-hybridized carbons (Fsp3) is 0.969. The number of esters is 1. The van der Waals surface area contributed by atoms with Crippen molar-refractivity contribution in [2.75, 3.05) is 0 Å². The Morgan fingerprint density at radius 2 is 1.56 bits per heavy atom. The van der Waals surface area contributed by atoms with E-state index in [-0.39, 0.29) is 51.2 Å². The highest BCUT2D eigenvalue weighted by atomic mass is 16.5. The molecule has 0 radical (unpaired) electrons. The highest BCUT2D eigenvalue weighted by Gasteiger charge is 2.72. The third-order valence-corrected chi connectivity index (χ3v) is 14.0. The van der Waals surface area contributed by atoms with Crippen molar-refractivity contribution in [2.45, 2.75) is 138 Å². The first kappa shape index (κ1) is 27.0. The Hall–Kier alpha value is -0.610. The quantitative estimate of drug-likeness (QED) is 0.409. The Balaban J connectivity index is 1.54. The molecule has 0 aliphatic heterocycles. The number of carbonyl (C=O) groups is 1. The van der Waals surface area contributed by atoms with Crippen molar-refractivity contribution < 1.29 is 19.7 Å². The van der Waals surface area contributed by atoms with Gasteiger partial charge in [0.05, 0.1) is 11.7 Å². The molecule has 206 valence electrons. The molecule has 0 aromatic heterocycles. The van der Waals surface area contributed by atoms with Gasteiger partial charge in [0.1, 0.15) is 6.10 Å². The predicted molar refractivity (Wildman–Crippen MR) is 143 cm³/mol. The first-order valence-corrected chi connectivity index (χ1v) is 15.0. The van der Waals surface area contributed by atoms with Crippen LogP contribution in [0.25, 0.3) is 0 Å². The molecule has 5 aliphatic rings. The molecule has 36 heavy (non-hydrogen) atoms. The number of aliphatic hydroxyl groups excluding tert-OH is 1. The summed E-state index contributed by atoms with van der Waals surface area (Å²) in [5, 5.41) is 23.4. The Bertz CT molecular complexity index is 904. The van der Waals surface area contributed by atoms with E-state index in [1.807, 2.05) is 13.8 Å². The first-order chi connectivity index (χ1) is 16.4. The van der Waals surface area contributed by atoms with Gasteiger partial charge in [-0.25, -0.2) is 0 Å². The van der Waals surface area contributed by atoms with Crippen molar-refractivity contribution in [3.63, 3.8) is 0 Å². The van der Waals surface area contributed by atoms with Crippen LogP contribution >= 0.6 is 0 Å². The van der Waals surface area contributed by atoms with Gasteiger partial charge in [0.15, 0.2) is 0 Å². The molecule has 0 aromatic rings. The normalized spacial score (nSPS) is 54.0. The number of fused-ring (bicyclic) bond motifs is 7. The van der Waals surface area contributed by atoms with Gasteiger partial charge >= 0.3 is 5.97 Å². The summed E-state index contributed by atoms with van der Waals surface area (Å²) in [7, 11) is 0. The maximum Gasteiger partial charge on any atom is 0.302 e. The molecule has 5 saturated carbocycles. The minimum absolute atomic E-state index is 0.0343. The Morgan fingerprint density at radius 3 is 2.17 bits per heavy atom. The van der Waals surface area contributed by atoms with Crippen molar-refractivity contribution in [1.82, 2.24) is 0 Å². The van der Waals surface area contributed by atoms with Gasteiger partial charge in [-0.2, -0.15) is 0 Å². The van der Waals surface area contributed by atoms with Gasteiger partial charge in [-0.15, -0.1) is 0 Å². The van der Waals surface area contributed by atoms with Crippen molar-refractivity contribution in [1.29, 1.82) is 0 Å². The second-order valence-corrected chi connectivity index (χ2v) is 16.3. The molecule has 4 nitrogen and oxygen atoms in total. The number of aliphatic hydroxyl groups is 2. The molecule has 0 aromatic carbocycles. The van der Waals surface area contributed by atoms with Gasteiger partial charge in [0, 0.05) is 12.3 Å². The molecular formula is C32H54O4. The summed E-state index contributed by atoms with van der Waals surface area (Å²) < 4.78 is 5.87. The van der Waals surface area contributed by atoms with Gasteiger partial charge in [-0.3, -0.25) is 4.79 Å². The van der Waals surface area contributed by atoms with E-state index in [2.05, 4.69) is 41.5 Å². The van der Waals surface area contributed by atoms with E-state index >= 15 is 0 Å². The van der Waals surface area contributed by atoms with E-state index in [4.69, 9.17) is 4.74 Å². The second kappa shape index (κ2) is 7.96. The van der Waals surface area contributed by atoms with Crippen LogP contribution in [0.15, 0.2) is 0 Å². The zero-order chi connectivity index (χ0) is 26.7. The summed E-state index contributed by atoms with van der Waals surface area (Å²) in [4.78, 5) is 11.9. The monoisotopic (exact) mass is 502 g/mol. The molecule has 4 heteroatoms. The molecule has 5 aliphatic carbocycles. The Kier molecular flexibility index (Phi) is 5.97. The van der Waals surface area contributed by atoms with Crippen LogP contribution in [0.1, 0.15) is 120 Å². The summed E-state index contributed by atoms with van der Waals surface area (Å²) in [6.07, 6.45) is 9.51. The fourth-order valence-corrected chi connectivity index (χ4v) is 12.2. The van der Waals surface area contributed by atoms with Crippen molar-refractivity contribution >= 4 is 5.97 Å². The number of ether oxygens (including phenoxy) is 1. The number of carbonyl (C=O) groups excluding carboxylic acids is 1. The molecular weight excluding hydrogens is 448 g/mol. The third-order valence-electron chi connectivity index (χ3n) is 14.0. The van der Waals surface area contributed by atoms with E-state index in [1.165, 1.54) is 26.2 Å². The SMILES string of the molecule is CC(=O)OC1CC[C@]2(C)[C@H]3C(O)C[C@@H]4[C@H]5[C@H](C(C)(C)O)CC[C@]5(C)CC[C@@]4(C)[C@]3(C)CC[C@H]2C1(C)C. The van der Waals surface area contributed by atoms with E-state index in [0.29, 0.717) is 23.7 Å². The Labute approximate surface area is 220 Å². The van der Waals surface area contributed by atoms with E-state index in [0.717, 1.165) is 38.5 Å². The summed E-state index contributed by atoms with van der Waals surface area (Å²) in [5.41, 5.74) is -0.222. The molecule has 0 bridgehead atoms.